The molecule has 4 aromatic rings. The number of carboxylic acids is 1. The third-order valence-corrected chi connectivity index (χ3v) is 5.53. The van der Waals surface area contributed by atoms with E-state index in [1.807, 2.05) is 35.9 Å². The number of H-pyrrole nitrogens is 1. The highest BCUT2D eigenvalue weighted by Crippen LogP contribution is 2.30. The minimum atomic E-state index is -1.16. The molecule has 0 radical (unpaired) electrons. The number of nitrogens with zero attached hydrogens (tertiary/aromatic N) is 3. The van der Waals surface area contributed by atoms with Crippen LogP contribution in [0.1, 0.15) is 44.2 Å². The van der Waals surface area contributed by atoms with Crippen molar-refractivity contribution >= 4 is 28.5 Å². The Morgan fingerprint density at radius 3 is 2.73 bits per heavy atom. The molecule has 0 saturated carbocycles. The average molecular weight is 401 g/mol. The van der Waals surface area contributed by atoms with E-state index in [0.29, 0.717) is 22.3 Å². The number of amides is 1. The summed E-state index contributed by atoms with van der Waals surface area (Å²) in [5.41, 5.74) is 5.23. The second-order valence-corrected chi connectivity index (χ2v) is 7.39. The number of aromatic nitrogens is 4. The Labute approximate surface area is 171 Å². The topological polar surface area (TPSA) is 113 Å². The van der Waals surface area contributed by atoms with Gasteiger partial charge in [-0.25, -0.2) is 9.48 Å². The molecule has 2 aromatic carbocycles. The van der Waals surface area contributed by atoms with Crippen molar-refractivity contribution in [2.45, 2.75) is 26.2 Å². The number of hydrogen-bond acceptors (Lipinski definition) is 4. The lowest BCUT2D eigenvalue weighted by Gasteiger charge is -2.08. The first-order valence-electron chi connectivity index (χ1n) is 9.73. The lowest BCUT2D eigenvalue weighted by molar-refractivity contribution is 0.0692. The van der Waals surface area contributed by atoms with E-state index in [-0.39, 0.29) is 11.6 Å². The standard InChI is InChI=1S/C22H19N5O3/c1-12-6-2-3-10-16(12)27-17-11-4-7-13(17)19(26-27)21(28)23-14-8-5-9-15-18(14)20(22(29)30)25-24-15/h2-3,5-6,8-10H,4,7,11H2,1H3,(H,23,28)(H,24,25)(H,29,30). The van der Waals surface area contributed by atoms with Gasteiger partial charge in [-0.2, -0.15) is 10.2 Å². The summed E-state index contributed by atoms with van der Waals surface area (Å²) >= 11 is 0. The fraction of sp³-hybridized carbons (Fsp3) is 0.182. The maximum atomic E-state index is 13.2. The van der Waals surface area contributed by atoms with Gasteiger partial charge in [-0.05, 0) is 49.9 Å². The van der Waals surface area contributed by atoms with Crippen LogP contribution < -0.4 is 5.32 Å². The number of carbonyl (C=O) groups excluding carboxylic acids is 1. The van der Waals surface area contributed by atoms with Gasteiger partial charge in [0.15, 0.2) is 11.4 Å². The molecule has 0 fully saturated rings. The number of aromatic carboxylic acids is 1. The van der Waals surface area contributed by atoms with Gasteiger partial charge in [-0.1, -0.05) is 24.3 Å². The minimum absolute atomic E-state index is 0.128. The third kappa shape index (κ3) is 2.76. The summed E-state index contributed by atoms with van der Waals surface area (Å²) in [4.78, 5) is 24.7. The molecule has 0 bridgehead atoms. The first-order chi connectivity index (χ1) is 14.5. The molecule has 1 amide bonds. The molecular weight excluding hydrogens is 382 g/mol. The van der Waals surface area contributed by atoms with E-state index in [4.69, 9.17) is 0 Å². The lowest BCUT2D eigenvalue weighted by atomic mass is 10.1. The molecule has 1 aliphatic carbocycles. The fourth-order valence-electron chi connectivity index (χ4n) is 4.13. The van der Waals surface area contributed by atoms with Crippen LogP contribution in [0.15, 0.2) is 42.5 Å². The largest absolute Gasteiger partial charge is 0.476 e. The molecule has 5 rings (SSSR count). The Bertz CT molecular complexity index is 1320. The van der Waals surface area contributed by atoms with Gasteiger partial charge >= 0.3 is 5.97 Å². The van der Waals surface area contributed by atoms with Gasteiger partial charge in [0, 0.05) is 11.3 Å². The van der Waals surface area contributed by atoms with Crippen LogP contribution in [0.5, 0.6) is 0 Å². The Morgan fingerprint density at radius 2 is 1.93 bits per heavy atom. The highest BCUT2D eigenvalue weighted by molar-refractivity contribution is 6.13. The highest BCUT2D eigenvalue weighted by Gasteiger charge is 2.28. The number of fused-ring (bicyclic) bond motifs is 2. The van der Waals surface area contributed by atoms with E-state index in [0.717, 1.165) is 41.8 Å². The van der Waals surface area contributed by atoms with Crippen LogP contribution in [0.4, 0.5) is 5.69 Å². The number of para-hydroxylation sites is 1. The van der Waals surface area contributed by atoms with Crippen molar-refractivity contribution < 1.29 is 14.7 Å². The number of carbonyl (C=O) groups is 2. The van der Waals surface area contributed by atoms with Gasteiger partial charge in [0.05, 0.1) is 22.3 Å². The van der Waals surface area contributed by atoms with Gasteiger partial charge in [0.25, 0.3) is 5.91 Å². The van der Waals surface area contributed by atoms with Crippen molar-refractivity contribution in [2.24, 2.45) is 0 Å². The van der Waals surface area contributed by atoms with E-state index in [1.165, 1.54) is 0 Å². The van der Waals surface area contributed by atoms with Gasteiger partial charge < -0.3 is 10.4 Å². The summed E-state index contributed by atoms with van der Waals surface area (Å²) in [6.07, 6.45) is 2.63. The molecule has 2 aromatic heterocycles. The van der Waals surface area contributed by atoms with Crippen molar-refractivity contribution in [1.82, 2.24) is 20.0 Å². The van der Waals surface area contributed by atoms with Crippen LogP contribution in [-0.2, 0) is 12.8 Å². The summed E-state index contributed by atoms with van der Waals surface area (Å²) < 4.78 is 1.87. The first kappa shape index (κ1) is 18.1. The molecule has 1 aliphatic rings. The molecule has 3 N–H and O–H groups in total. The monoisotopic (exact) mass is 401 g/mol. The zero-order valence-corrected chi connectivity index (χ0v) is 16.3. The number of benzene rings is 2. The zero-order chi connectivity index (χ0) is 20.8. The second kappa shape index (κ2) is 6.84. The van der Waals surface area contributed by atoms with Crippen LogP contribution in [0.3, 0.4) is 0 Å². The number of rotatable bonds is 4. The van der Waals surface area contributed by atoms with Gasteiger partial charge in [-0.3, -0.25) is 9.89 Å². The Hall–Kier alpha value is -3.94. The van der Waals surface area contributed by atoms with E-state index < -0.39 is 5.97 Å². The third-order valence-electron chi connectivity index (χ3n) is 5.53. The molecule has 0 aliphatic heterocycles. The number of anilines is 1. The highest BCUT2D eigenvalue weighted by atomic mass is 16.4. The number of aryl methyl sites for hydroxylation is 1. The molecule has 2 heterocycles. The molecule has 8 heteroatoms. The van der Waals surface area contributed by atoms with Crippen LogP contribution in [0.2, 0.25) is 0 Å². The Morgan fingerprint density at radius 1 is 1.10 bits per heavy atom. The van der Waals surface area contributed by atoms with Crippen molar-refractivity contribution in [1.29, 1.82) is 0 Å². The lowest BCUT2D eigenvalue weighted by Crippen LogP contribution is -2.15. The van der Waals surface area contributed by atoms with Crippen molar-refractivity contribution in [3.8, 4) is 5.69 Å². The molecule has 0 spiro atoms. The fourth-order valence-corrected chi connectivity index (χ4v) is 4.13. The molecule has 0 atom stereocenters. The number of hydrogen-bond donors (Lipinski definition) is 3. The van der Waals surface area contributed by atoms with E-state index in [2.05, 4.69) is 20.6 Å². The number of aromatic amines is 1. The van der Waals surface area contributed by atoms with Gasteiger partial charge in [-0.15, -0.1) is 0 Å². The number of carboxylic acid groups (broad SMARTS) is 1. The van der Waals surface area contributed by atoms with Crippen LogP contribution in [0.25, 0.3) is 16.6 Å². The molecule has 8 nitrogen and oxygen atoms in total. The normalized spacial score (nSPS) is 12.8. The van der Waals surface area contributed by atoms with Crippen LogP contribution in [0, 0.1) is 6.92 Å². The SMILES string of the molecule is Cc1ccccc1-n1nc(C(=O)Nc2cccc3[nH]nc(C(=O)O)c23)c2c1CCC2. The van der Waals surface area contributed by atoms with E-state index >= 15 is 0 Å². The Balaban J connectivity index is 1.57. The van der Waals surface area contributed by atoms with Crippen LogP contribution >= 0.6 is 0 Å². The summed E-state index contributed by atoms with van der Waals surface area (Å²) in [6.45, 7) is 2.02. The second-order valence-electron chi connectivity index (χ2n) is 7.39. The predicted molar refractivity (Wildman–Crippen MR) is 111 cm³/mol. The smallest absolute Gasteiger partial charge is 0.357 e. The maximum Gasteiger partial charge on any atom is 0.357 e. The summed E-state index contributed by atoms with van der Waals surface area (Å²) in [6, 6.07) is 13.1. The average Bonchev–Trinajstić information content (AvgIpc) is 3.43. The summed E-state index contributed by atoms with van der Waals surface area (Å²) in [7, 11) is 0. The van der Waals surface area contributed by atoms with E-state index in [1.54, 1.807) is 18.2 Å². The molecule has 150 valence electrons. The zero-order valence-electron chi connectivity index (χ0n) is 16.3. The molecule has 30 heavy (non-hydrogen) atoms. The van der Waals surface area contributed by atoms with Crippen molar-refractivity contribution in [2.75, 3.05) is 5.32 Å². The molecule has 0 saturated heterocycles. The Kier molecular flexibility index (Phi) is 4.13. The van der Waals surface area contributed by atoms with Gasteiger partial charge in [0.2, 0.25) is 0 Å². The minimum Gasteiger partial charge on any atom is -0.476 e. The number of nitrogens with one attached hydrogen (secondary N) is 2. The van der Waals surface area contributed by atoms with E-state index in [9.17, 15) is 14.7 Å². The van der Waals surface area contributed by atoms with Crippen molar-refractivity contribution in [3.05, 3.63) is 70.7 Å². The summed E-state index contributed by atoms with van der Waals surface area (Å²) in [5, 5.41) is 23.8. The predicted octanol–water partition coefficient (Wildman–Crippen LogP) is 3.50. The van der Waals surface area contributed by atoms with Gasteiger partial charge in [0.1, 0.15) is 0 Å². The quantitative estimate of drug-likeness (QED) is 0.484. The first-order valence-corrected chi connectivity index (χ1v) is 9.73. The molecular formula is C22H19N5O3. The molecule has 0 unspecified atom stereocenters. The maximum absolute atomic E-state index is 13.2. The van der Waals surface area contributed by atoms with Crippen molar-refractivity contribution in [3.63, 3.8) is 0 Å². The summed E-state index contributed by atoms with van der Waals surface area (Å²) in [5.74, 6) is -1.52. The van der Waals surface area contributed by atoms with Crippen LogP contribution in [-0.4, -0.2) is 37.0 Å².